The lowest BCUT2D eigenvalue weighted by Crippen LogP contribution is -3.09. The maximum absolute atomic E-state index is 12.3. The van der Waals surface area contributed by atoms with E-state index in [2.05, 4.69) is 27.3 Å². The van der Waals surface area contributed by atoms with Gasteiger partial charge in [-0.1, -0.05) is 41.9 Å². The smallest absolute Gasteiger partial charge is 0.276 e. The van der Waals surface area contributed by atoms with E-state index in [-0.39, 0.29) is 18.4 Å². The highest BCUT2D eigenvalue weighted by atomic mass is 79.9. The van der Waals surface area contributed by atoms with Crippen LogP contribution in [-0.2, 0) is 11.3 Å². The minimum atomic E-state index is -0.850. The van der Waals surface area contributed by atoms with E-state index in [4.69, 9.17) is 4.42 Å². The molecule has 2 aromatic rings. The van der Waals surface area contributed by atoms with Crippen LogP contribution in [-0.4, -0.2) is 25.0 Å². The Labute approximate surface area is 163 Å². The van der Waals surface area contributed by atoms with Crippen molar-refractivity contribution in [1.82, 2.24) is 5.32 Å². The van der Waals surface area contributed by atoms with Crippen LogP contribution in [0.15, 0.2) is 45.3 Å². The van der Waals surface area contributed by atoms with Crippen LogP contribution in [0.1, 0.15) is 26.5 Å². The number of rotatable bonds is 7. The van der Waals surface area contributed by atoms with Crippen molar-refractivity contribution in [1.29, 1.82) is 5.26 Å². The fraction of sp³-hybridized carbons (Fsp3) is 0.400. The summed E-state index contributed by atoms with van der Waals surface area (Å²) in [6.07, 6.45) is 0. The largest absolute Gasteiger partial charge is 0.455 e. The summed E-state index contributed by atoms with van der Waals surface area (Å²) < 4.78 is 6.92. The molecule has 6 heteroatoms. The zero-order chi connectivity index (χ0) is 19.3. The van der Waals surface area contributed by atoms with Gasteiger partial charge in [0.05, 0.1) is 13.1 Å². The summed E-state index contributed by atoms with van der Waals surface area (Å²) in [4.78, 5) is 13.3. The summed E-state index contributed by atoms with van der Waals surface area (Å²) in [6.45, 7) is 6.47. The fourth-order valence-corrected chi connectivity index (χ4v) is 2.78. The maximum atomic E-state index is 12.3. The number of amides is 1. The monoisotopic (exact) mass is 418 g/mol. The minimum Gasteiger partial charge on any atom is -0.455 e. The number of benzene rings is 1. The summed E-state index contributed by atoms with van der Waals surface area (Å²) in [5.74, 6) is 1.52. The highest BCUT2D eigenvalue weighted by molar-refractivity contribution is 9.10. The van der Waals surface area contributed by atoms with Gasteiger partial charge in [-0.15, -0.1) is 0 Å². The normalized spacial score (nSPS) is 14.5. The predicted molar refractivity (Wildman–Crippen MR) is 104 cm³/mol. The quantitative estimate of drug-likeness (QED) is 0.725. The van der Waals surface area contributed by atoms with Crippen molar-refractivity contribution >= 4 is 21.8 Å². The fourth-order valence-electron chi connectivity index (χ4n) is 2.51. The Hall–Kier alpha value is -2.10. The van der Waals surface area contributed by atoms with Crippen molar-refractivity contribution in [3.05, 3.63) is 46.6 Å². The molecule has 5 nitrogen and oxygen atoms in total. The van der Waals surface area contributed by atoms with Crippen molar-refractivity contribution in [3.63, 3.8) is 0 Å². The first-order valence-corrected chi connectivity index (χ1v) is 9.41. The predicted octanol–water partition coefficient (Wildman–Crippen LogP) is 2.78. The van der Waals surface area contributed by atoms with Crippen LogP contribution in [0.2, 0.25) is 0 Å². The molecule has 0 radical (unpaired) electrons. The maximum Gasteiger partial charge on any atom is 0.276 e. The van der Waals surface area contributed by atoms with Crippen LogP contribution in [0.3, 0.4) is 0 Å². The highest BCUT2D eigenvalue weighted by Crippen LogP contribution is 2.23. The molecule has 0 aliphatic heterocycles. The van der Waals surface area contributed by atoms with Crippen molar-refractivity contribution in [2.75, 3.05) is 13.6 Å². The van der Waals surface area contributed by atoms with Gasteiger partial charge in [-0.25, -0.2) is 0 Å². The van der Waals surface area contributed by atoms with E-state index in [0.717, 1.165) is 26.5 Å². The molecule has 0 saturated heterocycles. The average Bonchev–Trinajstić information content (AvgIpc) is 3.03. The van der Waals surface area contributed by atoms with Crippen LogP contribution in [0, 0.1) is 17.2 Å². The van der Waals surface area contributed by atoms with Crippen LogP contribution in [0.5, 0.6) is 0 Å². The Kier molecular flexibility index (Phi) is 6.63. The van der Waals surface area contributed by atoms with E-state index in [1.807, 2.05) is 57.3 Å². The van der Waals surface area contributed by atoms with Crippen molar-refractivity contribution in [2.24, 2.45) is 5.92 Å². The molecule has 1 unspecified atom stereocenters. The van der Waals surface area contributed by atoms with Crippen LogP contribution in [0.4, 0.5) is 0 Å². The molecule has 1 aromatic heterocycles. The van der Waals surface area contributed by atoms with Gasteiger partial charge in [0.15, 0.2) is 12.3 Å². The molecule has 2 rings (SSSR count). The molecule has 1 aromatic carbocycles. The van der Waals surface area contributed by atoms with Crippen molar-refractivity contribution < 1.29 is 14.1 Å². The molecular weight excluding hydrogens is 394 g/mol. The summed E-state index contributed by atoms with van der Waals surface area (Å²) in [7, 11) is 1.93. The van der Waals surface area contributed by atoms with Gasteiger partial charge in [-0.2, -0.15) is 5.26 Å². The van der Waals surface area contributed by atoms with Crippen molar-refractivity contribution in [3.8, 4) is 17.4 Å². The molecular formula is C20H25BrN3O2+. The molecule has 138 valence electrons. The first-order valence-electron chi connectivity index (χ1n) is 8.61. The third-order valence-electron chi connectivity index (χ3n) is 4.51. The Balaban J connectivity index is 1.94. The topological polar surface area (TPSA) is 70.5 Å². The number of halogens is 1. The van der Waals surface area contributed by atoms with Gasteiger partial charge >= 0.3 is 0 Å². The van der Waals surface area contributed by atoms with Gasteiger partial charge < -0.3 is 14.6 Å². The van der Waals surface area contributed by atoms with Gasteiger partial charge in [0.1, 0.15) is 17.8 Å². The van der Waals surface area contributed by atoms with Gasteiger partial charge in [0.2, 0.25) is 0 Å². The molecule has 0 saturated carbocycles. The van der Waals surface area contributed by atoms with Crippen LogP contribution < -0.4 is 10.2 Å². The van der Waals surface area contributed by atoms with E-state index in [0.29, 0.717) is 6.54 Å². The van der Waals surface area contributed by atoms with Crippen LogP contribution >= 0.6 is 15.9 Å². The second-order valence-corrected chi connectivity index (χ2v) is 8.02. The number of hydrogen-bond donors (Lipinski definition) is 2. The number of carbonyl (C=O) groups excluding carboxylic acids is 1. The van der Waals surface area contributed by atoms with Gasteiger partial charge in [0.25, 0.3) is 5.91 Å². The lowest BCUT2D eigenvalue weighted by molar-refractivity contribution is -0.886. The summed E-state index contributed by atoms with van der Waals surface area (Å²) >= 11 is 3.42. The number of nitrogens with one attached hydrogen (secondary N) is 2. The SMILES string of the molecule is CC(C)[C@](C)(C#N)NC(=O)C[NH+](C)Cc1ccc(-c2ccc(Br)cc2)o1. The number of quaternary nitrogens is 1. The molecule has 1 amide bonds. The Morgan fingerprint density at radius 2 is 1.96 bits per heavy atom. The number of likely N-dealkylation sites (N-methyl/N-ethyl adjacent to an activating group) is 1. The summed E-state index contributed by atoms with van der Waals surface area (Å²) in [5.41, 5.74) is 0.160. The molecule has 0 spiro atoms. The number of furan rings is 1. The summed E-state index contributed by atoms with van der Waals surface area (Å²) in [6, 6.07) is 14.0. The lowest BCUT2D eigenvalue weighted by atomic mass is 9.90. The second kappa shape index (κ2) is 8.52. The Morgan fingerprint density at radius 3 is 2.54 bits per heavy atom. The number of carbonyl (C=O) groups is 1. The van der Waals surface area contributed by atoms with E-state index in [9.17, 15) is 10.1 Å². The zero-order valence-electron chi connectivity index (χ0n) is 15.6. The zero-order valence-corrected chi connectivity index (χ0v) is 17.2. The number of nitriles is 1. The molecule has 26 heavy (non-hydrogen) atoms. The third-order valence-corrected chi connectivity index (χ3v) is 5.04. The number of nitrogens with zero attached hydrogens (tertiary/aromatic N) is 1. The van der Waals surface area contributed by atoms with E-state index < -0.39 is 5.54 Å². The first-order chi connectivity index (χ1) is 12.2. The van der Waals surface area contributed by atoms with Gasteiger partial charge in [0, 0.05) is 10.0 Å². The lowest BCUT2D eigenvalue weighted by Gasteiger charge is -2.27. The number of hydrogen-bond acceptors (Lipinski definition) is 3. The molecule has 0 aliphatic rings. The molecule has 0 bridgehead atoms. The summed E-state index contributed by atoms with van der Waals surface area (Å²) in [5, 5.41) is 12.2. The molecule has 0 fully saturated rings. The standard InChI is InChI=1S/C20H24BrN3O2/c1-14(2)20(3,13-22)23-19(25)12-24(4)11-17-9-10-18(26-17)15-5-7-16(21)8-6-15/h5-10,14H,11-12H2,1-4H3,(H,23,25)/p+1/t20-/m0/s1. The Bertz CT molecular complexity index is 792. The second-order valence-electron chi connectivity index (χ2n) is 7.10. The van der Waals surface area contributed by atoms with E-state index in [1.165, 1.54) is 0 Å². The van der Waals surface area contributed by atoms with Gasteiger partial charge in [-0.3, -0.25) is 4.79 Å². The average molecular weight is 419 g/mol. The minimum absolute atomic E-state index is 0.0373. The molecule has 0 aliphatic carbocycles. The van der Waals surface area contributed by atoms with E-state index in [1.54, 1.807) is 6.92 Å². The molecule has 2 atom stereocenters. The Morgan fingerprint density at radius 1 is 1.31 bits per heavy atom. The third kappa shape index (κ3) is 5.20. The first kappa shape index (κ1) is 20.2. The molecule has 2 N–H and O–H groups in total. The van der Waals surface area contributed by atoms with Crippen LogP contribution in [0.25, 0.3) is 11.3 Å². The highest BCUT2D eigenvalue weighted by Gasteiger charge is 2.30. The van der Waals surface area contributed by atoms with Gasteiger partial charge in [-0.05, 0) is 37.1 Å². The van der Waals surface area contributed by atoms with Crippen molar-refractivity contribution in [2.45, 2.75) is 32.9 Å². The molecule has 1 heterocycles. The van der Waals surface area contributed by atoms with E-state index >= 15 is 0 Å².